The van der Waals surface area contributed by atoms with Gasteiger partial charge in [0.05, 0.1) is 13.2 Å². The van der Waals surface area contributed by atoms with Crippen molar-refractivity contribution < 1.29 is 14.6 Å². The molecular formula is C21H40O3. The minimum Gasteiger partial charge on any atom is -0.394 e. The summed E-state index contributed by atoms with van der Waals surface area (Å²) in [6, 6.07) is 0. The van der Waals surface area contributed by atoms with Crippen molar-refractivity contribution in [2.24, 2.45) is 0 Å². The van der Waals surface area contributed by atoms with E-state index < -0.39 is 0 Å². The summed E-state index contributed by atoms with van der Waals surface area (Å²) in [5.41, 5.74) is 0. The van der Waals surface area contributed by atoms with Crippen molar-refractivity contribution in [1.29, 1.82) is 0 Å². The van der Waals surface area contributed by atoms with Gasteiger partial charge in [0.2, 0.25) is 0 Å². The number of unbranched alkanes of at least 4 members (excludes halogenated alkanes) is 11. The van der Waals surface area contributed by atoms with Crippen LogP contribution in [0.5, 0.6) is 0 Å². The standard InChI is InChI=1S/C21H40O3/c1-2-3-4-5-6-7-8-9-10-11-12-13-14-15-16-17-21-23-19-20(18-22)24-21/h9-10,20-22H,2-8,11-19H2,1H3/b10-9+. The summed E-state index contributed by atoms with van der Waals surface area (Å²) in [6.07, 6.45) is 22.8. The lowest BCUT2D eigenvalue weighted by molar-refractivity contribution is -0.0701. The SMILES string of the molecule is CCCCCCCC/C=C/CCCCCCCC1OCC(CO)O1. The van der Waals surface area contributed by atoms with Crippen LogP contribution in [0.25, 0.3) is 0 Å². The Kier molecular flexibility index (Phi) is 14.5. The maximum Gasteiger partial charge on any atom is 0.158 e. The predicted octanol–water partition coefficient (Wildman–Crippen LogP) is 5.76. The van der Waals surface area contributed by atoms with E-state index in [-0.39, 0.29) is 19.0 Å². The Balaban J connectivity index is 1.75. The fourth-order valence-corrected chi connectivity index (χ4v) is 3.14. The van der Waals surface area contributed by atoms with E-state index in [0.29, 0.717) is 6.61 Å². The van der Waals surface area contributed by atoms with Crippen LogP contribution in [0.2, 0.25) is 0 Å². The molecule has 1 saturated heterocycles. The Morgan fingerprint density at radius 3 is 2.00 bits per heavy atom. The maximum atomic E-state index is 8.98. The molecule has 1 aliphatic heterocycles. The topological polar surface area (TPSA) is 38.7 Å². The van der Waals surface area contributed by atoms with Gasteiger partial charge < -0.3 is 14.6 Å². The Labute approximate surface area is 149 Å². The average molecular weight is 341 g/mol. The fraction of sp³-hybridized carbons (Fsp3) is 0.905. The van der Waals surface area contributed by atoms with Gasteiger partial charge in [0, 0.05) is 0 Å². The van der Waals surface area contributed by atoms with E-state index in [9.17, 15) is 0 Å². The molecule has 2 atom stereocenters. The molecule has 0 bridgehead atoms. The van der Waals surface area contributed by atoms with Crippen molar-refractivity contribution in [3.8, 4) is 0 Å². The number of hydrogen-bond donors (Lipinski definition) is 1. The van der Waals surface area contributed by atoms with Crippen molar-refractivity contribution in [2.75, 3.05) is 13.2 Å². The molecule has 0 spiro atoms. The summed E-state index contributed by atoms with van der Waals surface area (Å²) in [6.45, 7) is 2.89. The second-order valence-electron chi connectivity index (χ2n) is 7.08. The van der Waals surface area contributed by atoms with E-state index in [2.05, 4.69) is 19.1 Å². The molecule has 3 nitrogen and oxygen atoms in total. The largest absolute Gasteiger partial charge is 0.394 e. The van der Waals surface area contributed by atoms with Gasteiger partial charge in [-0.3, -0.25) is 0 Å². The first-order valence-corrected chi connectivity index (χ1v) is 10.4. The number of hydrogen-bond acceptors (Lipinski definition) is 3. The highest BCUT2D eigenvalue weighted by Gasteiger charge is 2.24. The monoisotopic (exact) mass is 340 g/mol. The first-order valence-electron chi connectivity index (χ1n) is 10.4. The van der Waals surface area contributed by atoms with Gasteiger partial charge in [-0.05, 0) is 38.5 Å². The van der Waals surface area contributed by atoms with Crippen LogP contribution in [0.15, 0.2) is 12.2 Å². The van der Waals surface area contributed by atoms with Gasteiger partial charge >= 0.3 is 0 Å². The Morgan fingerprint density at radius 1 is 0.833 bits per heavy atom. The van der Waals surface area contributed by atoms with Crippen LogP contribution in [0.4, 0.5) is 0 Å². The number of ether oxygens (including phenoxy) is 2. The minimum atomic E-state index is -0.0990. The molecule has 24 heavy (non-hydrogen) atoms. The van der Waals surface area contributed by atoms with Crippen LogP contribution in [0.1, 0.15) is 96.8 Å². The van der Waals surface area contributed by atoms with Crippen molar-refractivity contribution >= 4 is 0 Å². The Morgan fingerprint density at radius 2 is 1.42 bits per heavy atom. The zero-order valence-electron chi connectivity index (χ0n) is 15.9. The average Bonchev–Trinajstić information content (AvgIpc) is 3.06. The molecule has 3 heteroatoms. The van der Waals surface area contributed by atoms with E-state index in [1.54, 1.807) is 0 Å². The summed E-state index contributed by atoms with van der Waals surface area (Å²) in [4.78, 5) is 0. The van der Waals surface area contributed by atoms with Crippen LogP contribution in [0, 0.1) is 0 Å². The molecule has 0 radical (unpaired) electrons. The summed E-state index contributed by atoms with van der Waals surface area (Å²) in [5, 5.41) is 8.98. The lowest BCUT2D eigenvalue weighted by atomic mass is 10.1. The number of allylic oxidation sites excluding steroid dienone is 2. The molecule has 0 aliphatic carbocycles. The van der Waals surface area contributed by atoms with Crippen LogP contribution < -0.4 is 0 Å². The molecular weight excluding hydrogens is 300 g/mol. The highest BCUT2D eigenvalue weighted by Crippen LogP contribution is 2.18. The molecule has 1 N–H and O–H groups in total. The predicted molar refractivity (Wildman–Crippen MR) is 101 cm³/mol. The minimum absolute atomic E-state index is 0.0723. The van der Waals surface area contributed by atoms with Gasteiger partial charge in [0.15, 0.2) is 6.29 Å². The molecule has 0 aromatic carbocycles. The van der Waals surface area contributed by atoms with Gasteiger partial charge in [0.25, 0.3) is 0 Å². The van der Waals surface area contributed by atoms with Crippen LogP contribution in [0.3, 0.4) is 0 Å². The van der Waals surface area contributed by atoms with E-state index >= 15 is 0 Å². The third-order valence-electron chi connectivity index (χ3n) is 4.72. The highest BCUT2D eigenvalue weighted by atomic mass is 16.7. The Bertz CT molecular complexity index is 291. The lowest BCUT2D eigenvalue weighted by Crippen LogP contribution is -2.16. The van der Waals surface area contributed by atoms with Crippen LogP contribution in [-0.4, -0.2) is 30.7 Å². The molecule has 0 amide bonds. The Hall–Kier alpha value is -0.380. The van der Waals surface area contributed by atoms with E-state index in [1.165, 1.54) is 77.0 Å². The summed E-state index contributed by atoms with van der Waals surface area (Å²) in [7, 11) is 0. The number of rotatable bonds is 16. The van der Waals surface area contributed by atoms with Gasteiger partial charge in [-0.25, -0.2) is 0 Å². The van der Waals surface area contributed by atoms with Crippen molar-refractivity contribution in [1.82, 2.24) is 0 Å². The quantitative estimate of drug-likeness (QED) is 0.287. The second-order valence-corrected chi connectivity index (χ2v) is 7.08. The molecule has 0 saturated carbocycles. The lowest BCUT2D eigenvalue weighted by Gasteiger charge is -2.09. The van der Waals surface area contributed by atoms with Crippen LogP contribution in [-0.2, 0) is 9.47 Å². The van der Waals surface area contributed by atoms with E-state index in [1.807, 2.05) is 0 Å². The fourth-order valence-electron chi connectivity index (χ4n) is 3.14. The first-order chi connectivity index (χ1) is 11.9. The smallest absolute Gasteiger partial charge is 0.158 e. The van der Waals surface area contributed by atoms with E-state index in [0.717, 1.165) is 12.8 Å². The van der Waals surface area contributed by atoms with Gasteiger partial charge in [0.1, 0.15) is 6.10 Å². The van der Waals surface area contributed by atoms with Gasteiger partial charge in [-0.15, -0.1) is 0 Å². The molecule has 142 valence electrons. The van der Waals surface area contributed by atoms with Crippen LogP contribution >= 0.6 is 0 Å². The molecule has 1 heterocycles. The number of aliphatic hydroxyl groups excluding tert-OH is 1. The molecule has 1 rings (SSSR count). The normalized spacial score (nSPS) is 21.1. The molecule has 0 aromatic heterocycles. The molecule has 2 unspecified atom stereocenters. The first kappa shape index (κ1) is 21.7. The third kappa shape index (κ3) is 12.0. The molecule has 1 fully saturated rings. The highest BCUT2D eigenvalue weighted by molar-refractivity contribution is 4.81. The molecule has 1 aliphatic rings. The van der Waals surface area contributed by atoms with E-state index in [4.69, 9.17) is 14.6 Å². The zero-order valence-corrected chi connectivity index (χ0v) is 15.9. The molecule has 0 aromatic rings. The van der Waals surface area contributed by atoms with Crippen molar-refractivity contribution in [3.63, 3.8) is 0 Å². The third-order valence-corrected chi connectivity index (χ3v) is 4.72. The maximum absolute atomic E-state index is 8.98. The van der Waals surface area contributed by atoms with Gasteiger partial charge in [-0.2, -0.15) is 0 Å². The van der Waals surface area contributed by atoms with Crippen molar-refractivity contribution in [2.45, 2.75) is 109 Å². The summed E-state index contributed by atoms with van der Waals surface area (Å²) < 4.78 is 11.0. The number of aliphatic hydroxyl groups is 1. The summed E-state index contributed by atoms with van der Waals surface area (Å²) in [5.74, 6) is 0. The van der Waals surface area contributed by atoms with Gasteiger partial charge in [-0.1, -0.05) is 70.4 Å². The van der Waals surface area contributed by atoms with Crippen molar-refractivity contribution in [3.05, 3.63) is 12.2 Å². The summed E-state index contributed by atoms with van der Waals surface area (Å²) >= 11 is 0. The zero-order chi connectivity index (χ0) is 17.3. The second kappa shape index (κ2) is 16.1.